The number of fused-ring (bicyclic) bond motifs is 10. The number of para-hydroxylation sites is 4. The topological polar surface area (TPSA) is 21.3 Å². The normalized spacial score (nSPS) is 13.0. The molecule has 0 aliphatic heterocycles. The van der Waals surface area contributed by atoms with E-state index in [4.69, 9.17) is 4.42 Å². The third-order valence-electron chi connectivity index (χ3n) is 13.8. The Bertz CT molecular complexity index is 3810. The van der Waals surface area contributed by atoms with E-state index in [1.54, 1.807) is 0 Å². The summed E-state index contributed by atoms with van der Waals surface area (Å²) in [5.74, 6) is 0. The molecule has 10 aromatic carbocycles. The highest BCUT2D eigenvalue weighted by molar-refractivity contribution is 6.11. The molecule has 0 saturated carbocycles. The molecule has 12 aromatic rings. The second-order valence-electron chi connectivity index (χ2n) is 17.7. The Morgan fingerprint density at radius 1 is 0.406 bits per heavy atom. The van der Waals surface area contributed by atoms with Gasteiger partial charge in [-0.15, -0.1) is 0 Å². The summed E-state index contributed by atoms with van der Waals surface area (Å²) >= 11 is 0. The molecule has 0 atom stereocenters. The van der Waals surface area contributed by atoms with E-state index in [1.807, 2.05) is 12.1 Å². The highest BCUT2D eigenvalue weighted by Crippen LogP contribution is 2.52. The van der Waals surface area contributed by atoms with Crippen LogP contribution in [0.15, 0.2) is 223 Å². The summed E-state index contributed by atoms with van der Waals surface area (Å²) in [6.07, 6.45) is 0. The fraction of sp³-hybridized carbons (Fsp3) is 0.0492. The van der Waals surface area contributed by atoms with Crippen LogP contribution in [-0.2, 0) is 5.41 Å². The molecule has 0 spiro atoms. The van der Waals surface area contributed by atoms with Gasteiger partial charge < -0.3 is 13.9 Å². The van der Waals surface area contributed by atoms with Gasteiger partial charge in [-0.2, -0.15) is 0 Å². The first kappa shape index (κ1) is 36.5. The van der Waals surface area contributed by atoms with Gasteiger partial charge in [-0.1, -0.05) is 159 Å². The van der Waals surface area contributed by atoms with E-state index in [2.05, 4.69) is 230 Å². The lowest BCUT2D eigenvalue weighted by Crippen LogP contribution is -2.16. The number of rotatable bonds is 6. The molecular weight excluding hydrogens is 777 g/mol. The summed E-state index contributed by atoms with van der Waals surface area (Å²) in [5.41, 5.74) is 18.5. The minimum Gasteiger partial charge on any atom is -0.455 e. The third-order valence-corrected chi connectivity index (χ3v) is 13.8. The van der Waals surface area contributed by atoms with Crippen molar-refractivity contribution in [3.05, 3.63) is 230 Å². The summed E-state index contributed by atoms with van der Waals surface area (Å²) in [6, 6.07) is 79.6. The number of aromatic nitrogens is 1. The number of benzene rings is 10. The van der Waals surface area contributed by atoms with Crippen molar-refractivity contribution in [2.24, 2.45) is 0 Å². The fourth-order valence-electron chi connectivity index (χ4n) is 10.6. The first-order valence-electron chi connectivity index (χ1n) is 22.2. The van der Waals surface area contributed by atoms with Gasteiger partial charge in [0, 0.05) is 55.0 Å². The molecule has 302 valence electrons. The third kappa shape index (κ3) is 5.47. The van der Waals surface area contributed by atoms with Gasteiger partial charge in [-0.25, -0.2) is 0 Å². The molecule has 13 rings (SSSR count). The average Bonchev–Trinajstić information content (AvgIpc) is 3.97. The molecule has 1 aliphatic carbocycles. The second-order valence-corrected chi connectivity index (χ2v) is 17.7. The van der Waals surface area contributed by atoms with Gasteiger partial charge in [-0.05, 0) is 117 Å². The van der Waals surface area contributed by atoms with Crippen LogP contribution in [0.5, 0.6) is 0 Å². The van der Waals surface area contributed by atoms with Gasteiger partial charge in [0.1, 0.15) is 11.2 Å². The standard InChI is InChI=1S/C61H42N2O/c1-61(2)54-37-42(41-29-35-58-53(36-41)50-19-8-10-23-57(50)63(58)43-16-4-3-5-17-43)28-33-48(54)49-34-32-45(38-55(49)61)62(56-24-12-15-39-14-6-7-18-46(39)56)44-30-26-40(27-31-44)47-21-13-22-52-51-20-9-11-25-59(51)64-60(47)52/h3-38H,1-2H3. The SMILES string of the molecule is CC1(C)c2cc(-c3ccc4c(c3)c3ccccc3n4-c3ccccc3)ccc2-c2ccc(N(c3ccc(-c4cccc5c4oc4ccccc45)cc3)c3cccc4ccccc34)cc21. The zero-order valence-corrected chi connectivity index (χ0v) is 35.6. The Morgan fingerprint density at radius 3 is 1.88 bits per heavy atom. The lowest BCUT2D eigenvalue weighted by Gasteiger charge is -2.29. The quantitative estimate of drug-likeness (QED) is 0.167. The first-order chi connectivity index (χ1) is 31.5. The van der Waals surface area contributed by atoms with Crippen molar-refractivity contribution in [1.82, 2.24) is 4.57 Å². The largest absolute Gasteiger partial charge is 0.455 e. The maximum Gasteiger partial charge on any atom is 0.143 e. The van der Waals surface area contributed by atoms with Crippen LogP contribution in [0.4, 0.5) is 17.1 Å². The van der Waals surface area contributed by atoms with Crippen LogP contribution in [0, 0.1) is 0 Å². The highest BCUT2D eigenvalue weighted by atomic mass is 16.3. The number of furan rings is 1. The average molecular weight is 819 g/mol. The summed E-state index contributed by atoms with van der Waals surface area (Å²) in [4.78, 5) is 2.43. The Hall–Kier alpha value is -8.14. The van der Waals surface area contributed by atoms with Crippen molar-refractivity contribution in [3.8, 4) is 39.1 Å². The maximum atomic E-state index is 6.46. The van der Waals surface area contributed by atoms with Crippen molar-refractivity contribution in [2.45, 2.75) is 19.3 Å². The lowest BCUT2D eigenvalue weighted by molar-refractivity contribution is 0.660. The molecule has 0 radical (unpaired) electrons. The number of hydrogen-bond acceptors (Lipinski definition) is 2. The van der Waals surface area contributed by atoms with E-state index in [9.17, 15) is 0 Å². The minimum atomic E-state index is -0.232. The molecular formula is C61H42N2O. The molecule has 2 aromatic heterocycles. The Morgan fingerprint density at radius 2 is 1.02 bits per heavy atom. The van der Waals surface area contributed by atoms with E-state index in [1.165, 1.54) is 71.6 Å². The van der Waals surface area contributed by atoms with Crippen molar-refractivity contribution < 1.29 is 4.42 Å². The Balaban J connectivity index is 0.907. The molecule has 3 nitrogen and oxygen atoms in total. The predicted octanol–water partition coefficient (Wildman–Crippen LogP) is 16.9. The van der Waals surface area contributed by atoms with Gasteiger partial charge in [0.15, 0.2) is 0 Å². The predicted molar refractivity (Wildman–Crippen MR) is 269 cm³/mol. The van der Waals surface area contributed by atoms with Gasteiger partial charge in [0.05, 0.1) is 16.7 Å². The van der Waals surface area contributed by atoms with Crippen LogP contribution in [0.2, 0.25) is 0 Å². The molecule has 1 aliphatic rings. The van der Waals surface area contributed by atoms with Crippen molar-refractivity contribution >= 4 is 71.6 Å². The van der Waals surface area contributed by atoms with E-state index >= 15 is 0 Å². The van der Waals surface area contributed by atoms with Gasteiger partial charge in [0.25, 0.3) is 0 Å². The van der Waals surface area contributed by atoms with Gasteiger partial charge in [0.2, 0.25) is 0 Å². The van der Waals surface area contributed by atoms with Crippen LogP contribution in [-0.4, -0.2) is 4.57 Å². The molecule has 64 heavy (non-hydrogen) atoms. The highest BCUT2D eigenvalue weighted by Gasteiger charge is 2.36. The molecule has 0 unspecified atom stereocenters. The Kier molecular flexibility index (Phi) is 7.95. The van der Waals surface area contributed by atoms with Crippen LogP contribution in [0.25, 0.3) is 93.6 Å². The minimum absolute atomic E-state index is 0.232. The molecule has 2 heterocycles. The van der Waals surface area contributed by atoms with Crippen molar-refractivity contribution in [1.29, 1.82) is 0 Å². The van der Waals surface area contributed by atoms with E-state index in [-0.39, 0.29) is 5.41 Å². The summed E-state index contributed by atoms with van der Waals surface area (Å²) in [6.45, 7) is 4.77. The van der Waals surface area contributed by atoms with Gasteiger partial charge >= 0.3 is 0 Å². The second kappa shape index (κ2) is 13.9. The number of hydrogen-bond donors (Lipinski definition) is 0. The first-order valence-corrected chi connectivity index (χ1v) is 22.2. The summed E-state index contributed by atoms with van der Waals surface area (Å²) < 4.78 is 8.84. The fourth-order valence-corrected chi connectivity index (χ4v) is 10.6. The smallest absolute Gasteiger partial charge is 0.143 e. The van der Waals surface area contributed by atoms with Crippen LogP contribution < -0.4 is 4.90 Å². The van der Waals surface area contributed by atoms with E-state index in [0.29, 0.717) is 0 Å². The van der Waals surface area contributed by atoms with Crippen molar-refractivity contribution in [3.63, 3.8) is 0 Å². The monoisotopic (exact) mass is 818 g/mol. The molecule has 0 bridgehead atoms. The molecule has 0 fully saturated rings. The Labute approximate surface area is 371 Å². The lowest BCUT2D eigenvalue weighted by atomic mass is 9.81. The van der Waals surface area contributed by atoms with Gasteiger partial charge in [-0.3, -0.25) is 0 Å². The number of nitrogens with zero attached hydrogens (tertiary/aromatic N) is 2. The zero-order valence-electron chi connectivity index (χ0n) is 35.6. The maximum absolute atomic E-state index is 6.46. The van der Waals surface area contributed by atoms with Crippen LogP contribution in [0.3, 0.4) is 0 Å². The molecule has 0 N–H and O–H groups in total. The van der Waals surface area contributed by atoms with Crippen LogP contribution in [0.1, 0.15) is 25.0 Å². The van der Waals surface area contributed by atoms with Crippen LogP contribution >= 0.6 is 0 Å². The van der Waals surface area contributed by atoms with E-state index in [0.717, 1.165) is 50.1 Å². The number of anilines is 3. The molecule has 3 heteroatoms. The summed E-state index contributed by atoms with van der Waals surface area (Å²) in [5, 5.41) is 7.22. The van der Waals surface area contributed by atoms with E-state index < -0.39 is 0 Å². The molecule has 0 amide bonds. The zero-order chi connectivity index (χ0) is 42.5. The summed E-state index contributed by atoms with van der Waals surface area (Å²) in [7, 11) is 0. The molecule has 0 saturated heterocycles. The van der Waals surface area contributed by atoms with Crippen molar-refractivity contribution in [2.75, 3.05) is 4.90 Å².